The maximum atomic E-state index is 13.7. The summed E-state index contributed by atoms with van der Waals surface area (Å²) < 4.78 is 0. The molecule has 1 aliphatic carbocycles. The van der Waals surface area contributed by atoms with Gasteiger partial charge in [-0.15, -0.1) is 11.8 Å². The van der Waals surface area contributed by atoms with Crippen molar-refractivity contribution < 1.29 is 9.59 Å². The molecular weight excluding hydrogens is 523 g/mol. The van der Waals surface area contributed by atoms with Crippen LogP contribution >= 0.6 is 35.0 Å². The van der Waals surface area contributed by atoms with Crippen LogP contribution in [0.3, 0.4) is 0 Å². The lowest BCUT2D eigenvalue weighted by molar-refractivity contribution is -0.141. The topological polar surface area (TPSA) is 49.4 Å². The summed E-state index contributed by atoms with van der Waals surface area (Å²) in [6.07, 6.45) is 5.00. The minimum Gasteiger partial charge on any atom is -0.352 e. The van der Waals surface area contributed by atoms with Gasteiger partial charge in [0.1, 0.15) is 6.04 Å². The molecule has 37 heavy (non-hydrogen) atoms. The number of rotatable bonds is 11. The van der Waals surface area contributed by atoms with Gasteiger partial charge in [-0.2, -0.15) is 0 Å². The number of hydrogen-bond donors (Lipinski definition) is 1. The zero-order chi connectivity index (χ0) is 26.0. The number of carbonyl (C=O) groups is 2. The molecule has 0 spiro atoms. The van der Waals surface area contributed by atoms with Gasteiger partial charge in [-0.3, -0.25) is 9.59 Å². The van der Waals surface area contributed by atoms with Gasteiger partial charge in [-0.1, -0.05) is 78.5 Å². The van der Waals surface area contributed by atoms with Crippen LogP contribution in [0.25, 0.3) is 0 Å². The molecule has 1 aliphatic rings. The van der Waals surface area contributed by atoms with Crippen LogP contribution in [0.4, 0.5) is 0 Å². The van der Waals surface area contributed by atoms with Gasteiger partial charge in [0.15, 0.2) is 0 Å². The molecule has 1 N–H and O–H groups in total. The highest BCUT2D eigenvalue weighted by atomic mass is 35.5. The lowest BCUT2D eigenvalue weighted by atomic mass is 10.0. The smallest absolute Gasteiger partial charge is 0.243 e. The predicted molar refractivity (Wildman–Crippen MR) is 153 cm³/mol. The van der Waals surface area contributed by atoms with Crippen molar-refractivity contribution in [2.45, 2.75) is 62.0 Å². The van der Waals surface area contributed by atoms with Crippen molar-refractivity contribution >= 4 is 46.8 Å². The van der Waals surface area contributed by atoms with E-state index in [4.69, 9.17) is 23.2 Å². The van der Waals surface area contributed by atoms with E-state index < -0.39 is 6.04 Å². The van der Waals surface area contributed by atoms with Crippen LogP contribution in [0.1, 0.15) is 43.2 Å². The molecule has 0 saturated heterocycles. The highest BCUT2D eigenvalue weighted by molar-refractivity contribution is 7.99. The maximum Gasteiger partial charge on any atom is 0.243 e. The summed E-state index contributed by atoms with van der Waals surface area (Å²) in [6, 6.07) is 24.6. The molecule has 7 heteroatoms. The Kier molecular flexibility index (Phi) is 10.4. The molecule has 1 atom stereocenters. The summed E-state index contributed by atoms with van der Waals surface area (Å²) in [7, 11) is 0. The molecule has 0 aromatic heterocycles. The minimum absolute atomic E-state index is 0.0519. The summed E-state index contributed by atoms with van der Waals surface area (Å²) >= 11 is 13.9. The second-order valence-corrected chi connectivity index (χ2v) is 11.4. The van der Waals surface area contributed by atoms with Crippen LogP contribution < -0.4 is 5.32 Å². The lowest BCUT2D eigenvalue weighted by Crippen LogP contribution is -2.52. The number of nitrogens with zero attached hydrogens (tertiary/aromatic N) is 1. The van der Waals surface area contributed by atoms with E-state index in [2.05, 4.69) is 5.32 Å². The monoisotopic (exact) mass is 554 g/mol. The van der Waals surface area contributed by atoms with Gasteiger partial charge in [0, 0.05) is 46.1 Å². The third-order valence-electron chi connectivity index (χ3n) is 6.61. The molecule has 1 fully saturated rings. The minimum atomic E-state index is -0.616. The van der Waals surface area contributed by atoms with Gasteiger partial charge >= 0.3 is 0 Å². The zero-order valence-electron chi connectivity index (χ0n) is 20.7. The van der Waals surface area contributed by atoms with Gasteiger partial charge in [0.25, 0.3) is 0 Å². The van der Waals surface area contributed by atoms with Gasteiger partial charge in [-0.25, -0.2) is 0 Å². The SMILES string of the molecule is O=C(NC1CCCC1)[C@@H](Cc1ccccc1)N(Cc1cccc(Cl)c1)C(=O)CCSc1ccc(Cl)cc1. The summed E-state index contributed by atoms with van der Waals surface area (Å²) in [5.41, 5.74) is 1.92. The van der Waals surface area contributed by atoms with Gasteiger partial charge in [-0.05, 0) is 60.4 Å². The summed E-state index contributed by atoms with van der Waals surface area (Å²) in [5, 5.41) is 4.54. The van der Waals surface area contributed by atoms with E-state index in [1.165, 1.54) is 0 Å². The molecular formula is C30H32Cl2N2O2S. The highest BCUT2D eigenvalue weighted by Crippen LogP contribution is 2.24. The van der Waals surface area contributed by atoms with Crippen molar-refractivity contribution in [1.82, 2.24) is 10.2 Å². The molecule has 3 aromatic carbocycles. The molecule has 0 bridgehead atoms. The number of thioether (sulfide) groups is 1. The van der Waals surface area contributed by atoms with E-state index in [0.29, 0.717) is 35.2 Å². The zero-order valence-corrected chi connectivity index (χ0v) is 23.1. The number of nitrogens with one attached hydrogen (secondary N) is 1. The van der Waals surface area contributed by atoms with Crippen molar-refractivity contribution in [3.05, 3.63) is 100 Å². The third-order valence-corrected chi connectivity index (χ3v) is 8.11. The summed E-state index contributed by atoms with van der Waals surface area (Å²) in [5.74, 6) is 0.467. The Morgan fingerprint density at radius 3 is 2.30 bits per heavy atom. The van der Waals surface area contributed by atoms with Crippen molar-refractivity contribution in [3.63, 3.8) is 0 Å². The third kappa shape index (κ3) is 8.53. The fraction of sp³-hybridized carbons (Fsp3) is 0.333. The van der Waals surface area contributed by atoms with Crippen LogP contribution in [0.15, 0.2) is 83.8 Å². The van der Waals surface area contributed by atoms with Crippen LogP contribution in [0, 0.1) is 0 Å². The van der Waals surface area contributed by atoms with Crippen LogP contribution in [0.2, 0.25) is 10.0 Å². The molecule has 0 heterocycles. The molecule has 194 valence electrons. The number of benzene rings is 3. The molecule has 4 nitrogen and oxygen atoms in total. The Bertz CT molecular complexity index is 1170. The van der Waals surface area contributed by atoms with Gasteiger partial charge in [0.05, 0.1) is 0 Å². The normalized spacial score (nSPS) is 14.3. The van der Waals surface area contributed by atoms with E-state index >= 15 is 0 Å². The Hall–Kier alpha value is -2.47. The van der Waals surface area contributed by atoms with Crippen LogP contribution in [-0.2, 0) is 22.6 Å². The van der Waals surface area contributed by atoms with Crippen LogP contribution in [-0.4, -0.2) is 34.6 Å². The predicted octanol–water partition coefficient (Wildman–Crippen LogP) is 7.17. The van der Waals surface area contributed by atoms with E-state index in [-0.39, 0.29) is 17.9 Å². The van der Waals surface area contributed by atoms with E-state index in [1.54, 1.807) is 16.7 Å². The average Bonchev–Trinajstić information content (AvgIpc) is 3.41. The molecule has 2 amide bonds. The van der Waals surface area contributed by atoms with Crippen molar-refractivity contribution in [2.75, 3.05) is 5.75 Å². The highest BCUT2D eigenvalue weighted by Gasteiger charge is 2.32. The first-order valence-electron chi connectivity index (χ1n) is 12.7. The quantitative estimate of drug-likeness (QED) is 0.255. The molecule has 0 radical (unpaired) electrons. The van der Waals surface area contributed by atoms with Gasteiger partial charge in [0.2, 0.25) is 11.8 Å². The van der Waals surface area contributed by atoms with Crippen LogP contribution in [0.5, 0.6) is 0 Å². The maximum absolute atomic E-state index is 13.7. The van der Waals surface area contributed by atoms with E-state index in [0.717, 1.165) is 41.7 Å². The molecule has 1 saturated carbocycles. The molecule has 4 rings (SSSR count). The Labute approximate surface area is 233 Å². The Morgan fingerprint density at radius 2 is 1.59 bits per heavy atom. The molecule has 0 aliphatic heterocycles. The number of amides is 2. The largest absolute Gasteiger partial charge is 0.352 e. The first kappa shape index (κ1) is 27.6. The van der Waals surface area contributed by atoms with Crippen molar-refractivity contribution in [3.8, 4) is 0 Å². The fourth-order valence-electron chi connectivity index (χ4n) is 4.68. The first-order valence-corrected chi connectivity index (χ1v) is 14.5. The average molecular weight is 556 g/mol. The second-order valence-electron chi connectivity index (χ2n) is 9.40. The van der Waals surface area contributed by atoms with E-state index in [1.807, 2.05) is 78.9 Å². The molecule has 0 unspecified atom stereocenters. The second kappa shape index (κ2) is 13.9. The number of carbonyl (C=O) groups excluding carboxylic acids is 2. The fourth-order valence-corrected chi connectivity index (χ4v) is 5.86. The van der Waals surface area contributed by atoms with E-state index in [9.17, 15) is 9.59 Å². The Morgan fingerprint density at radius 1 is 0.892 bits per heavy atom. The first-order chi connectivity index (χ1) is 18.0. The van der Waals surface area contributed by atoms with Crippen molar-refractivity contribution in [2.24, 2.45) is 0 Å². The lowest BCUT2D eigenvalue weighted by Gasteiger charge is -2.32. The summed E-state index contributed by atoms with van der Waals surface area (Å²) in [4.78, 5) is 30.2. The Balaban J connectivity index is 1.56. The van der Waals surface area contributed by atoms with Crippen molar-refractivity contribution in [1.29, 1.82) is 0 Å². The summed E-state index contributed by atoms with van der Waals surface area (Å²) in [6.45, 7) is 0.320. The molecule has 3 aromatic rings. The van der Waals surface area contributed by atoms with Gasteiger partial charge < -0.3 is 10.2 Å². The number of hydrogen-bond acceptors (Lipinski definition) is 3. The number of halogens is 2. The standard InChI is InChI=1S/C30H32Cl2N2O2S/c31-24-13-15-27(16-14-24)37-18-17-29(35)34(21-23-9-6-10-25(32)19-23)28(20-22-7-2-1-3-8-22)30(36)33-26-11-4-5-12-26/h1-3,6-10,13-16,19,26,28H,4-5,11-12,17-18,20-21H2,(H,33,36)/t28-/m1/s1.